The Hall–Kier alpha value is -1.33. The number of aromatic hydroxyl groups is 1. The molecule has 1 heterocycles. The van der Waals surface area contributed by atoms with Crippen molar-refractivity contribution in [3.05, 3.63) is 44.1 Å². The maximum Gasteiger partial charge on any atom is 0.265 e. The number of rotatable bonds is 2. The second-order valence-corrected chi connectivity index (χ2v) is 6.41. The number of halogens is 1. The molecule has 94 valence electrons. The third kappa shape index (κ3) is 2.73. The number of aryl methyl sites for hydroxylation is 2. The molecule has 2 aromatic rings. The maximum atomic E-state index is 12.0. The number of carbonyl (C=O) groups excluding carboxylic acids is 1. The lowest BCUT2D eigenvalue weighted by Gasteiger charge is -2.06. The normalized spacial score (nSPS) is 10.4. The number of phenols is 1. The summed E-state index contributed by atoms with van der Waals surface area (Å²) in [6.07, 6.45) is 0. The van der Waals surface area contributed by atoms with E-state index in [9.17, 15) is 9.90 Å². The summed E-state index contributed by atoms with van der Waals surface area (Å²) in [7, 11) is 0. The first-order chi connectivity index (χ1) is 8.47. The van der Waals surface area contributed by atoms with Gasteiger partial charge in [-0.25, -0.2) is 0 Å². The molecule has 5 heteroatoms. The third-order valence-corrected chi connectivity index (χ3v) is 4.62. The van der Waals surface area contributed by atoms with E-state index in [1.807, 2.05) is 26.0 Å². The zero-order valence-corrected chi connectivity index (χ0v) is 12.4. The highest BCUT2D eigenvalue weighted by Crippen LogP contribution is 2.29. The quantitative estimate of drug-likeness (QED) is 0.817. The smallest absolute Gasteiger partial charge is 0.265 e. The van der Waals surface area contributed by atoms with Crippen molar-refractivity contribution in [1.29, 1.82) is 0 Å². The van der Waals surface area contributed by atoms with Gasteiger partial charge in [-0.05, 0) is 59.1 Å². The average molecular weight is 326 g/mol. The summed E-state index contributed by atoms with van der Waals surface area (Å²) < 4.78 is 0.945. The average Bonchev–Trinajstić information content (AvgIpc) is 2.63. The fourth-order valence-corrected chi connectivity index (χ4v) is 2.93. The van der Waals surface area contributed by atoms with E-state index < -0.39 is 0 Å². The van der Waals surface area contributed by atoms with Gasteiger partial charge < -0.3 is 10.4 Å². The summed E-state index contributed by atoms with van der Waals surface area (Å²) in [5, 5.41) is 12.4. The zero-order valence-electron chi connectivity index (χ0n) is 9.95. The zero-order chi connectivity index (χ0) is 13.3. The van der Waals surface area contributed by atoms with Gasteiger partial charge in [0.1, 0.15) is 5.75 Å². The van der Waals surface area contributed by atoms with Crippen molar-refractivity contribution in [2.45, 2.75) is 13.8 Å². The molecule has 0 saturated heterocycles. The molecule has 0 bridgehead atoms. The van der Waals surface area contributed by atoms with Crippen LogP contribution < -0.4 is 5.32 Å². The van der Waals surface area contributed by atoms with Gasteiger partial charge in [-0.15, -0.1) is 11.3 Å². The van der Waals surface area contributed by atoms with Crippen LogP contribution in [0.2, 0.25) is 0 Å². The SMILES string of the molecule is Cc1ccc(NC(=O)c2cc(C)c(Br)s2)c(O)c1. The van der Waals surface area contributed by atoms with Crippen LogP contribution in [0.1, 0.15) is 20.8 Å². The highest BCUT2D eigenvalue weighted by Gasteiger charge is 2.13. The fraction of sp³-hybridized carbons (Fsp3) is 0.154. The minimum absolute atomic E-state index is 0.0793. The van der Waals surface area contributed by atoms with Crippen LogP contribution in [0.5, 0.6) is 5.75 Å². The van der Waals surface area contributed by atoms with E-state index >= 15 is 0 Å². The molecule has 0 radical (unpaired) electrons. The van der Waals surface area contributed by atoms with Crippen LogP contribution in [-0.4, -0.2) is 11.0 Å². The van der Waals surface area contributed by atoms with Crippen molar-refractivity contribution in [3.8, 4) is 5.75 Å². The van der Waals surface area contributed by atoms with Gasteiger partial charge in [0.05, 0.1) is 14.4 Å². The van der Waals surface area contributed by atoms with E-state index in [1.165, 1.54) is 11.3 Å². The van der Waals surface area contributed by atoms with Crippen LogP contribution in [0.3, 0.4) is 0 Å². The van der Waals surface area contributed by atoms with Gasteiger partial charge in [0.15, 0.2) is 0 Å². The van der Waals surface area contributed by atoms with Gasteiger partial charge in [-0.2, -0.15) is 0 Å². The monoisotopic (exact) mass is 325 g/mol. The Kier molecular flexibility index (Phi) is 3.73. The van der Waals surface area contributed by atoms with E-state index in [4.69, 9.17) is 0 Å². The number of anilines is 1. The van der Waals surface area contributed by atoms with E-state index in [2.05, 4.69) is 21.2 Å². The number of hydrogen-bond donors (Lipinski definition) is 2. The Morgan fingerprint density at radius 3 is 2.61 bits per heavy atom. The second kappa shape index (κ2) is 5.12. The van der Waals surface area contributed by atoms with Crippen molar-refractivity contribution in [1.82, 2.24) is 0 Å². The molecule has 0 unspecified atom stereocenters. The molecule has 0 atom stereocenters. The molecule has 1 aromatic carbocycles. The van der Waals surface area contributed by atoms with Crippen LogP contribution in [0.15, 0.2) is 28.1 Å². The third-order valence-electron chi connectivity index (χ3n) is 2.48. The number of hydrogen-bond acceptors (Lipinski definition) is 3. The molecule has 2 rings (SSSR count). The predicted octanol–water partition coefficient (Wildman–Crippen LogP) is 4.09. The predicted molar refractivity (Wildman–Crippen MR) is 77.6 cm³/mol. The van der Waals surface area contributed by atoms with Crippen LogP contribution in [0, 0.1) is 13.8 Å². The topological polar surface area (TPSA) is 49.3 Å². The largest absolute Gasteiger partial charge is 0.506 e. The van der Waals surface area contributed by atoms with Crippen LogP contribution in [-0.2, 0) is 0 Å². The van der Waals surface area contributed by atoms with Gasteiger partial charge in [0.25, 0.3) is 5.91 Å². The molecule has 0 saturated carbocycles. The molecular formula is C13H12BrNO2S. The fourth-order valence-electron chi connectivity index (χ4n) is 1.50. The summed E-state index contributed by atoms with van der Waals surface area (Å²) in [5.41, 5.74) is 2.39. The highest BCUT2D eigenvalue weighted by atomic mass is 79.9. The molecule has 0 spiro atoms. The summed E-state index contributed by atoms with van der Waals surface area (Å²) >= 11 is 4.76. The molecule has 0 fully saturated rings. The number of benzene rings is 1. The van der Waals surface area contributed by atoms with E-state index in [0.29, 0.717) is 10.6 Å². The molecule has 18 heavy (non-hydrogen) atoms. The molecular weight excluding hydrogens is 314 g/mol. The second-order valence-electron chi connectivity index (χ2n) is 4.04. The number of carbonyl (C=O) groups is 1. The van der Waals surface area contributed by atoms with Crippen molar-refractivity contribution in [2.75, 3.05) is 5.32 Å². The highest BCUT2D eigenvalue weighted by molar-refractivity contribution is 9.11. The molecule has 2 N–H and O–H groups in total. The standard InChI is InChI=1S/C13H12BrNO2S/c1-7-3-4-9(10(16)5-7)15-13(17)11-6-8(2)12(14)18-11/h3-6,16H,1-2H3,(H,15,17). The molecule has 0 aliphatic rings. The first kappa shape index (κ1) is 13.1. The molecule has 1 aromatic heterocycles. The summed E-state index contributed by atoms with van der Waals surface area (Å²) in [6.45, 7) is 3.81. The number of nitrogens with one attached hydrogen (secondary N) is 1. The first-order valence-corrected chi connectivity index (χ1v) is 6.95. The van der Waals surface area contributed by atoms with Crippen LogP contribution >= 0.6 is 27.3 Å². The van der Waals surface area contributed by atoms with Gasteiger partial charge in [0, 0.05) is 0 Å². The first-order valence-electron chi connectivity index (χ1n) is 5.34. The summed E-state index contributed by atoms with van der Waals surface area (Å²) in [4.78, 5) is 12.6. The molecule has 3 nitrogen and oxygen atoms in total. The minimum atomic E-state index is -0.215. The number of amides is 1. The Bertz CT molecular complexity index is 588. The van der Waals surface area contributed by atoms with Crippen molar-refractivity contribution in [3.63, 3.8) is 0 Å². The Labute approximate surface area is 118 Å². The minimum Gasteiger partial charge on any atom is -0.506 e. The van der Waals surface area contributed by atoms with Crippen molar-refractivity contribution in [2.24, 2.45) is 0 Å². The lowest BCUT2D eigenvalue weighted by Crippen LogP contribution is -2.10. The number of phenolic OH excluding ortho intramolecular Hbond substituents is 1. The van der Waals surface area contributed by atoms with Gasteiger partial charge in [0.2, 0.25) is 0 Å². The van der Waals surface area contributed by atoms with Gasteiger partial charge >= 0.3 is 0 Å². The molecule has 0 aliphatic carbocycles. The lowest BCUT2D eigenvalue weighted by atomic mass is 10.2. The van der Waals surface area contributed by atoms with Crippen LogP contribution in [0.25, 0.3) is 0 Å². The van der Waals surface area contributed by atoms with E-state index in [1.54, 1.807) is 12.1 Å². The van der Waals surface area contributed by atoms with Crippen LogP contribution in [0.4, 0.5) is 5.69 Å². The Morgan fingerprint density at radius 1 is 1.33 bits per heavy atom. The maximum absolute atomic E-state index is 12.0. The Balaban J connectivity index is 2.21. The van der Waals surface area contributed by atoms with E-state index in [-0.39, 0.29) is 11.7 Å². The van der Waals surface area contributed by atoms with Crippen molar-refractivity contribution < 1.29 is 9.90 Å². The number of thiophene rings is 1. The lowest BCUT2D eigenvalue weighted by molar-refractivity contribution is 0.103. The van der Waals surface area contributed by atoms with Gasteiger partial charge in [-0.3, -0.25) is 4.79 Å². The molecule has 0 aliphatic heterocycles. The summed E-state index contributed by atoms with van der Waals surface area (Å²) in [6, 6.07) is 6.96. The Morgan fingerprint density at radius 2 is 2.06 bits per heavy atom. The van der Waals surface area contributed by atoms with E-state index in [0.717, 1.165) is 14.9 Å². The van der Waals surface area contributed by atoms with Crippen molar-refractivity contribution >= 4 is 38.9 Å². The van der Waals surface area contributed by atoms with Gasteiger partial charge in [-0.1, -0.05) is 6.07 Å². The molecule has 1 amide bonds. The summed E-state index contributed by atoms with van der Waals surface area (Å²) in [5.74, 6) is -0.136.